The number of benzene rings is 2. The van der Waals surface area contributed by atoms with Crippen molar-refractivity contribution >= 4 is 51.8 Å². The summed E-state index contributed by atoms with van der Waals surface area (Å²) in [4.78, 5) is 37.7. The van der Waals surface area contributed by atoms with Crippen LogP contribution in [-0.4, -0.2) is 38.7 Å². The van der Waals surface area contributed by atoms with Gasteiger partial charge in [0.2, 0.25) is 0 Å². The van der Waals surface area contributed by atoms with Crippen molar-refractivity contribution in [2.24, 2.45) is 0 Å². The fourth-order valence-electron chi connectivity index (χ4n) is 3.12. The van der Waals surface area contributed by atoms with Crippen LogP contribution in [0.15, 0.2) is 65.6 Å². The molecule has 0 unspecified atom stereocenters. The predicted molar refractivity (Wildman–Crippen MR) is 126 cm³/mol. The van der Waals surface area contributed by atoms with E-state index in [1.165, 1.54) is 16.7 Å². The average molecular weight is 455 g/mol. The maximum absolute atomic E-state index is 12.5. The number of rotatable bonds is 9. The lowest BCUT2D eigenvalue weighted by atomic mass is 10.1. The molecule has 0 atom stereocenters. The van der Waals surface area contributed by atoms with Crippen LogP contribution in [0.2, 0.25) is 0 Å². The Labute approximate surface area is 190 Å². The van der Waals surface area contributed by atoms with Crippen molar-refractivity contribution in [2.75, 3.05) is 11.9 Å². The molecule has 1 saturated heterocycles. The number of amides is 2. The number of nitrogens with one attached hydrogen (secondary N) is 1. The Morgan fingerprint density at radius 3 is 2.55 bits per heavy atom. The molecule has 1 heterocycles. The molecule has 3 rings (SSSR count). The van der Waals surface area contributed by atoms with Crippen molar-refractivity contribution in [3.8, 4) is 0 Å². The largest absolute Gasteiger partial charge is 0.481 e. The van der Waals surface area contributed by atoms with E-state index < -0.39 is 5.97 Å². The summed E-state index contributed by atoms with van der Waals surface area (Å²) in [6.07, 6.45) is 3.48. The summed E-state index contributed by atoms with van der Waals surface area (Å²) in [5.41, 5.74) is 2.30. The van der Waals surface area contributed by atoms with Gasteiger partial charge in [0, 0.05) is 24.2 Å². The first kappa shape index (κ1) is 22.7. The summed E-state index contributed by atoms with van der Waals surface area (Å²) in [6, 6.07) is 16.6. The van der Waals surface area contributed by atoms with Crippen LogP contribution in [0, 0.1) is 0 Å². The number of para-hydroxylation sites is 1. The molecule has 0 bridgehead atoms. The molecule has 0 saturated carbocycles. The van der Waals surface area contributed by atoms with Crippen LogP contribution in [0.25, 0.3) is 0 Å². The standard InChI is InChI=1S/C23H22N2O4S2/c26-20(27)14-7-15-25-22(29)19(31-23(25)30)13-6-11-16-8-4-5-12-18(16)24-21(28)17-9-2-1-3-10-17/h1-5,8-10,12-13H,6-7,11,14-15H2,(H,24,28)(H,26,27)/b19-13-. The molecule has 2 aromatic carbocycles. The van der Waals surface area contributed by atoms with E-state index in [2.05, 4.69) is 5.32 Å². The second-order valence-corrected chi connectivity index (χ2v) is 8.58. The molecule has 0 aliphatic carbocycles. The van der Waals surface area contributed by atoms with E-state index in [0.29, 0.717) is 40.6 Å². The van der Waals surface area contributed by atoms with Gasteiger partial charge in [-0.05, 0) is 43.0 Å². The molecule has 8 heteroatoms. The monoisotopic (exact) mass is 454 g/mol. The molecule has 1 aliphatic rings. The van der Waals surface area contributed by atoms with E-state index in [1.807, 2.05) is 48.5 Å². The quantitative estimate of drug-likeness (QED) is 0.429. The molecule has 2 N–H and O–H groups in total. The Kier molecular flexibility index (Phi) is 7.97. The van der Waals surface area contributed by atoms with Gasteiger partial charge in [-0.3, -0.25) is 19.3 Å². The van der Waals surface area contributed by atoms with Gasteiger partial charge in [-0.2, -0.15) is 0 Å². The molecule has 1 fully saturated rings. The third kappa shape index (κ3) is 6.26. The minimum atomic E-state index is -0.890. The lowest BCUT2D eigenvalue weighted by Gasteiger charge is -2.13. The third-order valence-electron chi connectivity index (χ3n) is 4.69. The summed E-state index contributed by atoms with van der Waals surface area (Å²) in [5, 5.41) is 11.7. The van der Waals surface area contributed by atoms with Crippen molar-refractivity contribution in [1.82, 2.24) is 4.90 Å². The number of aliphatic carboxylic acids is 1. The smallest absolute Gasteiger partial charge is 0.303 e. The van der Waals surface area contributed by atoms with Gasteiger partial charge in [0.1, 0.15) is 4.32 Å². The van der Waals surface area contributed by atoms with Gasteiger partial charge in [0.15, 0.2) is 0 Å². The molecule has 0 spiro atoms. The van der Waals surface area contributed by atoms with Gasteiger partial charge in [-0.15, -0.1) is 0 Å². The molecular formula is C23H22N2O4S2. The summed E-state index contributed by atoms with van der Waals surface area (Å²) in [5.74, 6) is -1.24. The van der Waals surface area contributed by atoms with Crippen LogP contribution < -0.4 is 5.32 Å². The zero-order valence-corrected chi connectivity index (χ0v) is 18.4. The highest BCUT2D eigenvalue weighted by molar-refractivity contribution is 8.26. The zero-order valence-electron chi connectivity index (χ0n) is 16.7. The summed E-state index contributed by atoms with van der Waals surface area (Å²) >= 11 is 6.50. The van der Waals surface area contributed by atoms with E-state index >= 15 is 0 Å². The molecular weight excluding hydrogens is 432 g/mol. The predicted octanol–water partition coefficient (Wildman–Crippen LogP) is 4.48. The summed E-state index contributed by atoms with van der Waals surface area (Å²) in [7, 11) is 0. The molecule has 0 radical (unpaired) electrons. The third-order valence-corrected chi connectivity index (χ3v) is 6.12. The second kappa shape index (κ2) is 10.9. The average Bonchev–Trinajstić information content (AvgIpc) is 3.03. The van der Waals surface area contributed by atoms with E-state index in [1.54, 1.807) is 12.1 Å². The first-order valence-electron chi connectivity index (χ1n) is 9.85. The number of carboxylic acid groups (broad SMARTS) is 1. The van der Waals surface area contributed by atoms with Crippen molar-refractivity contribution in [1.29, 1.82) is 0 Å². The van der Waals surface area contributed by atoms with E-state index in [-0.39, 0.29) is 18.2 Å². The first-order valence-corrected chi connectivity index (χ1v) is 11.1. The Morgan fingerprint density at radius 2 is 1.81 bits per heavy atom. The Balaban J connectivity index is 1.60. The first-order chi connectivity index (χ1) is 15.0. The van der Waals surface area contributed by atoms with Gasteiger partial charge in [0.05, 0.1) is 4.91 Å². The number of hydrogen-bond donors (Lipinski definition) is 2. The number of carboxylic acids is 1. The van der Waals surface area contributed by atoms with Crippen LogP contribution in [0.3, 0.4) is 0 Å². The molecule has 160 valence electrons. The Hall–Kier alpha value is -2.97. The fourth-order valence-corrected chi connectivity index (χ4v) is 4.44. The normalized spacial score (nSPS) is 14.8. The van der Waals surface area contributed by atoms with Crippen LogP contribution >= 0.6 is 24.0 Å². The minimum Gasteiger partial charge on any atom is -0.481 e. The highest BCUT2D eigenvalue weighted by Gasteiger charge is 2.31. The Morgan fingerprint density at radius 1 is 1.10 bits per heavy atom. The highest BCUT2D eigenvalue weighted by atomic mass is 32.2. The van der Waals surface area contributed by atoms with Crippen molar-refractivity contribution in [2.45, 2.75) is 25.7 Å². The zero-order chi connectivity index (χ0) is 22.2. The van der Waals surface area contributed by atoms with E-state index in [9.17, 15) is 14.4 Å². The fraction of sp³-hybridized carbons (Fsp3) is 0.217. The maximum Gasteiger partial charge on any atom is 0.303 e. The van der Waals surface area contributed by atoms with Crippen molar-refractivity contribution in [3.63, 3.8) is 0 Å². The van der Waals surface area contributed by atoms with Gasteiger partial charge < -0.3 is 10.4 Å². The van der Waals surface area contributed by atoms with Crippen molar-refractivity contribution in [3.05, 3.63) is 76.7 Å². The molecule has 2 aromatic rings. The summed E-state index contributed by atoms with van der Waals surface area (Å²) < 4.78 is 0.456. The lowest BCUT2D eigenvalue weighted by Crippen LogP contribution is -2.29. The number of allylic oxidation sites excluding steroid dienone is 1. The maximum atomic E-state index is 12.5. The highest BCUT2D eigenvalue weighted by Crippen LogP contribution is 2.32. The van der Waals surface area contributed by atoms with Gasteiger partial charge in [-0.25, -0.2) is 0 Å². The summed E-state index contributed by atoms with van der Waals surface area (Å²) in [6.45, 7) is 0.308. The lowest BCUT2D eigenvalue weighted by molar-refractivity contribution is -0.137. The second-order valence-electron chi connectivity index (χ2n) is 6.91. The topological polar surface area (TPSA) is 86.7 Å². The number of thioether (sulfide) groups is 1. The number of thiocarbonyl (C=S) groups is 1. The molecule has 2 amide bonds. The molecule has 1 aliphatic heterocycles. The minimum absolute atomic E-state index is 0.00158. The van der Waals surface area contributed by atoms with Crippen LogP contribution in [0.1, 0.15) is 35.2 Å². The van der Waals surface area contributed by atoms with Gasteiger partial charge in [-0.1, -0.05) is 66.5 Å². The number of aryl methyl sites for hydroxylation is 1. The van der Waals surface area contributed by atoms with Crippen LogP contribution in [-0.2, 0) is 16.0 Å². The number of carbonyl (C=O) groups is 3. The Bertz CT molecular complexity index is 1020. The van der Waals surface area contributed by atoms with Crippen LogP contribution in [0.4, 0.5) is 5.69 Å². The molecule has 6 nitrogen and oxygen atoms in total. The SMILES string of the molecule is O=C(O)CCCN1C(=O)/C(=C/CCc2ccccc2NC(=O)c2ccccc2)SC1=S. The van der Waals surface area contributed by atoms with Gasteiger partial charge in [0.25, 0.3) is 11.8 Å². The van der Waals surface area contributed by atoms with Crippen molar-refractivity contribution < 1.29 is 19.5 Å². The molecule has 31 heavy (non-hydrogen) atoms. The van der Waals surface area contributed by atoms with Gasteiger partial charge >= 0.3 is 5.97 Å². The number of carbonyl (C=O) groups excluding carboxylic acids is 2. The van der Waals surface area contributed by atoms with E-state index in [0.717, 1.165) is 11.3 Å². The number of nitrogens with zero attached hydrogens (tertiary/aromatic N) is 1. The van der Waals surface area contributed by atoms with Crippen LogP contribution in [0.5, 0.6) is 0 Å². The number of anilines is 1. The van der Waals surface area contributed by atoms with E-state index in [4.69, 9.17) is 17.3 Å². The molecule has 0 aromatic heterocycles. The number of hydrogen-bond acceptors (Lipinski definition) is 5.